The van der Waals surface area contributed by atoms with Gasteiger partial charge in [0.2, 0.25) is 6.54 Å². The van der Waals surface area contributed by atoms with E-state index in [1.807, 2.05) is 30.3 Å². The molecule has 116 valence electrons. The summed E-state index contributed by atoms with van der Waals surface area (Å²) in [5.41, 5.74) is 0.871. The zero-order valence-electron chi connectivity index (χ0n) is 12.0. The van der Waals surface area contributed by atoms with E-state index < -0.39 is 29.8 Å². The second-order valence-electron chi connectivity index (χ2n) is 4.42. The van der Waals surface area contributed by atoms with E-state index in [2.05, 4.69) is 0 Å². The molecule has 0 heterocycles. The number of nitro groups is 1. The summed E-state index contributed by atoms with van der Waals surface area (Å²) in [6.07, 6.45) is -1.33. The van der Waals surface area contributed by atoms with Crippen molar-refractivity contribution in [2.75, 3.05) is 20.8 Å². The number of hydrogen-bond donors (Lipinski definition) is 0. The van der Waals surface area contributed by atoms with Crippen LogP contribution in [-0.4, -0.2) is 44.4 Å². The summed E-state index contributed by atoms with van der Waals surface area (Å²) in [5, 5.41) is 10.8. The van der Waals surface area contributed by atoms with Crippen LogP contribution in [0.4, 0.5) is 0 Å². The van der Waals surface area contributed by atoms with Crippen molar-refractivity contribution in [3.63, 3.8) is 0 Å². The highest BCUT2D eigenvalue weighted by Gasteiger charge is 2.35. The van der Waals surface area contributed by atoms with Gasteiger partial charge in [-0.05, 0) is 5.56 Å². The Morgan fingerprint density at radius 3 is 2.33 bits per heavy atom. The molecule has 21 heavy (non-hydrogen) atoms. The van der Waals surface area contributed by atoms with Crippen LogP contribution in [0.1, 0.15) is 5.56 Å². The van der Waals surface area contributed by atoms with Crippen molar-refractivity contribution in [2.45, 2.75) is 19.0 Å². The smallest absolute Gasteiger partial charge is 0.214 e. The lowest BCUT2D eigenvalue weighted by Gasteiger charge is -2.26. The third kappa shape index (κ3) is 5.58. The number of benzene rings is 1. The minimum absolute atomic E-state index is 0.179. The maximum atomic E-state index is 11.2. The largest absolute Gasteiger partial charge is 0.365 e. The van der Waals surface area contributed by atoms with Gasteiger partial charge in [0.25, 0.3) is 0 Å². The first kappa shape index (κ1) is 17.2. The molecule has 2 atom stereocenters. The Balaban J connectivity index is 2.75. The van der Waals surface area contributed by atoms with Gasteiger partial charge < -0.3 is 19.0 Å². The summed E-state index contributed by atoms with van der Waals surface area (Å²) in [4.78, 5) is 21.5. The third-order valence-corrected chi connectivity index (χ3v) is 3.02. The number of aldehydes is 1. The third-order valence-electron chi connectivity index (χ3n) is 3.02. The summed E-state index contributed by atoms with van der Waals surface area (Å²) in [6.45, 7) is -0.302. The van der Waals surface area contributed by atoms with Crippen LogP contribution in [0.3, 0.4) is 0 Å². The van der Waals surface area contributed by atoms with Crippen molar-refractivity contribution in [1.82, 2.24) is 0 Å². The highest BCUT2D eigenvalue weighted by Crippen LogP contribution is 2.17. The van der Waals surface area contributed by atoms with Crippen LogP contribution in [0.2, 0.25) is 0 Å². The molecule has 1 aromatic rings. The summed E-state index contributed by atoms with van der Waals surface area (Å²) in [6, 6.07) is 9.23. The topological polar surface area (TPSA) is 87.9 Å². The molecule has 0 aliphatic rings. The van der Waals surface area contributed by atoms with Crippen LogP contribution in [-0.2, 0) is 25.6 Å². The number of carbonyl (C=O) groups excluding carboxylic acids is 1. The Labute approximate surface area is 123 Å². The summed E-state index contributed by atoms with van der Waals surface area (Å²) < 4.78 is 15.6. The normalized spacial score (nSPS) is 13.9. The van der Waals surface area contributed by atoms with E-state index in [0.29, 0.717) is 6.29 Å². The predicted molar refractivity (Wildman–Crippen MR) is 74.2 cm³/mol. The predicted octanol–water partition coefficient (Wildman–Crippen LogP) is 1.28. The number of rotatable bonds is 10. The van der Waals surface area contributed by atoms with Crippen molar-refractivity contribution < 1.29 is 23.9 Å². The minimum Gasteiger partial charge on any atom is -0.365 e. The molecule has 0 aliphatic heterocycles. The molecule has 0 radical (unpaired) electrons. The number of methoxy groups -OCH3 is 2. The molecule has 0 saturated heterocycles. The first-order valence-corrected chi connectivity index (χ1v) is 6.40. The average molecular weight is 297 g/mol. The molecule has 0 fully saturated rings. The highest BCUT2D eigenvalue weighted by molar-refractivity contribution is 5.56. The Kier molecular flexibility index (Phi) is 7.52. The number of carbonyl (C=O) groups is 1. The molecular formula is C14H19NO6. The van der Waals surface area contributed by atoms with Gasteiger partial charge in [-0.2, -0.15) is 0 Å². The molecule has 0 unspecified atom stereocenters. The van der Waals surface area contributed by atoms with E-state index in [1.54, 1.807) is 0 Å². The first-order valence-electron chi connectivity index (χ1n) is 6.40. The van der Waals surface area contributed by atoms with Crippen LogP contribution in [0.5, 0.6) is 0 Å². The van der Waals surface area contributed by atoms with Crippen molar-refractivity contribution in [3.05, 3.63) is 46.0 Å². The zero-order valence-corrected chi connectivity index (χ0v) is 12.0. The minimum atomic E-state index is -0.986. The summed E-state index contributed by atoms with van der Waals surface area (Å²) >= 11 is 0. The van der Waals surface area contributed by atoms with E-state index >= 15 is 0 Å². The van der Waals surface area contributed by atoms with Crippen LogP contribution >= 0.6 is 0 Å². The zero-order chi connectivity index (χ0) is 15.7. The number of hydrogen-bond acceptors (Lipinski definition) is 6. The lowest BCUT2D eigenvalue weighted by Crippen LogP contribution is -2.41. The molecule has 0 amide bonds. The first-order chi connectivity index (χ1) is 10.1. The maximum Gasteiger partial charge on any atom is 0.214 e. The average Bonchev–Trinajstić information content (AvgIpc) is 2.49. The van der Waals surface area contributed by atoms with Crippen LogP contribution < -0.4 is 0 Å². The second-order valence-corrected chi connectivity index (χ2v) is 4.42. The molecule has 0 saturated carbocycles. The monoisotopic (exact) mass is 297 g/mol. The van der Waals surface area contributed by atoms with E-state index in [0.717, 1.165) is 5.56 Å². The van der Waals surface area contributed by atoms with Gasteiger partial charge in [0.15, 0.2) is 6.29 Å². The van der Waals surface area contributed by atoms with Crippen molar-refractivity contribution in [3.8, 4) is 0 Å². The lowest BCUT2D eigenvalue weighted by molar-refractivity contribution is -0.496. The van der Waals surface area contributed by atoms with Crippen LogP contribution in [0, 0.1) is 16.0 Å². The van der Waals surface area contributed by atoms with Gasteiger partial charge in [-0.3, -0.25) is 10.1 Å². The number of nitrogens with zero attached hydrogens (tertiary/aromatic N) is 1. The summed E-state index contributed by atoms with van der Waals surface area (Å²) in [5.74, 6) is -0.823. The second kappa shape index (κ2) is 9.17. The fourth-order valence-corrected chi connectivity index (χ4v) is 1.99. The molecule has 0 aromatic heterocycles. The van der Waals surface area contributed by atoms with E-state index in [-0.39, 0.29) is 6.61 Å². The van der Waals surface area contributed by atoms with Gasteiger partial charge in [0.1, 0.15) is 18.3 Å². The molecule has 7 nitrogen and oxygen atoms in total. The van der Waals surface area contributed by atoms with Gasteiger partial charge in [0.05, 0.1) is 6.61 Å². The van der Waals surface area contributed by atoms with Crippen molar-refractivity contribution >= 4 is 6.29 Å². The molecule has 0 aliphatic carbocycles. The Morgan fingerprint density at radius 2 is 1.86 bits per heavy atom. The lowest BCUT2D eigenvalue weighted by atomic mass is 10.0. The van der Waals surface area contributed by atoms with E-state index in [9.17, 15) is 14.9 Å². The quantitative estimate of drug-likeness (QED) is 0.280. The van der Waals surface area contributed by atoms with E-state index in [4.69, 9.17) is 14.2 Å². The Hall–Kier alpha value is -1.83. The molecule has 0 bridgehead atoms. The van der Waals surface area contributed by atoms with Crippen LogP contribution in [0.15, 0.2) is 30.3 Å². The van der Waals surface area contributed by atoms with Crippen molar-refractivity contribution in [1.29, 1.82) is 0 Å². The van der Waals surface area contributed by atoms with E-state index in [1.165, 1.54) is 14.2 Å². The molecule has 0 spiro atoms. The van der Waals surface area contributed by atoms with Gasteiger partial charge in [-0.25, -0.2) is 0 Å². The molecule has 0 N–H and O–H groups in total. The van der Waals surface area contributed by atoms with Gasteiger partial charge in [-0.1, -0.05) is 30.3 Å². The molecule has 7 heteroatoms. The fraction of sp³-hybridized carbons (Fsp3) is 0.500. The highest BCUT2D eigenvalue weighted by atomic mass is 16.7. The standard InChI is InChI=1S/C14H19NO6/c1-19-14(20-2)12(8-15(17)18)13(9-16)21-10-11-6-4-3-5-7-11/h3-7,9,12-14H,8,10H2,1-2H3/t12-,13+/m0/s1. The maximum absolute atomic E-state index is 11.2. The molecular weight excluding hydrogens is 278 g/mol. The molecule has 1 rings (SSSR count). The van der Waals surface area contributed by atoms with Crippen molar-refractivity contribution in [2.24, 2.45) is 5.92 Å². The van der Waals surface area contributed by atoms with Gasteiger partial charge in [-0.15, -0.1) is 0 Å². The van der Waals surface area contributed by atoms with Gasteiger partial charge >= 0.3 is 0 Å². The van der Waals surface area contributed by atoms with Gasteiger partial charge in [0, 0.05) is 19.1 Å². The fourth-order valence-electron chi connectivity index (χ4n) is 1.99. The molecule has 1 aromatic carbocycles. The Bertz CT molecular complexity index is 434. The summed E-state index contributed by atoms with van der Waals surface area (Å²) in [7, 11) is 2.72. The number of ether oxygens (including phenoxy) is 3. The SMILES string of the molecule is COC(OC)[C@@H](C[N+](=O)[O-])[C@@H](C=O)OCc1ccccc1. The van der Waals surface area contributed by atoms with Crippen LogP contribution in [0.25, 0.3) is 0 Å². The Morgan fingerprint density at radius 1 is 1.24 bits per heavy atom.